The molecule has 2 nitrogen and oxygen atoms in total. The van der Waals surface area contributed by atoms with Gasteiger partial charge >= 0.3 is 0 Å². The highest BCUT2D eigenvalue weighted by Gasteiger charge is 2.11. The Kier molecular flexibility index (Phi) is 4.75. The summed E-state index contributed by atoms with van der Waals surface area (Å²) in [5.41, 5.74) is 8.10. The van der Waals surface area contributed by atoms with E-state index < -0.39 is 0 Å². The van der Waals surface area contributed by atoms with Gasteiger partial charge in [0.2, 0.25) is 0 Å². The predicted octanol–water partition coefficient (Wildman–Crippen LogP) is 3.78. The zero-order chi connectivity index (χ0) is 13.0. The minimum atomic E-state index is 0.274. The van der Waals surface area contributed by atoms with E-state index in [1.807, 2.05) is 42.6 Å². The second-order valence-corrected chi connectivity index (χ2v) is 5.51. The Bertz CT molecular complexity index is 496. The average Bonchev–Trinajstić information content (AvgIpc) is 2.39. The zero-order valence-electron chi connectivity index (χ0n) is 9.81. The van der Waals surface area contributed by atoms with Crippen LogP contribution < -0.4 is 5.73 Å². The van der Waals surface area contributed by atoms with Gasteiger partial charge in [-0.2, -0.15) is 0 Å². The number of aromatic nitrogens is 1. The van der Waals surface area contributed by atoms with Gasteiger partial charge in [-0.1, -0.05) is 23.7 Å². The monoisotopic (exact) mass is 324 g/mol. The summed E-state index contributed by atoms with van der Waals surface area (Å²) in [4.78, 5) is 4.38. The molecule has 2 aromatic rings. The molecular formula is C14H14BrClN2. The van der Waals surface area contributed by atoms with Gasteiger partial charge in [-0.3, -0.25) is 4.98 Å². The fraction of sp³-hybridized carbons (Fsp3) is 0.214. The SMILES string of the molecule is NCC(Cc1ccc(Br)cn1)c1ccc(Cl)cc1. The lowest BCUT2D eigenvalue weighted by molar-refractivity contribution is 0.682. The first-order chi connectivity index (χ1) is 8.69. The van der Waals surface area contributed by atoms with Crippen LogP contribution in [0.25, 0.3) is 0 Å². The van der Waals surface area contributed by atoms with Crippen molar-refractivity contribution in [3.63, 3.8) is 0 Å². The van der Waals surface area contributed by atoms with E-state index in [1.165, 1.54) is 5.56 Å². The lowest BCUT2D eigenvalue weighted by atomic mass is 9.94. The molecule has 0 saturated carbocycles. The fourth-order valence-electron chi connectivity index (χ4n) is 1.85. The smallest absolute Gasteiger partial charge is 0.0413 e. The third-order valence-electron chi connectivity index (χ3n) is 2.87. The van der Waals surface area contributed by atoms with Crippen LogP contribution >= 0.6 is 27.5 Å². The number of hydrogen-bond acceptors (Lipinski definition) is 2. The van der Waals surface area contributed by atoms with Gasteiger partial charge in [0, 0.05) is 27.3 Å². The average molecular weight is 326 g/mol. The third-order valence-corrected chi connectivity index (χ3v) is 3.59. The lowest BCUT2D eigenvalue weighted by Gasteiger charge is -2.14. The number of hydrogen-bond donors (Lipinski definition) is 1. The molecule has 0 fully saturated rings. The second kappa shape index (κ2) is 6.32. The van der Waals surface area contributed by atoms with Crippen LogP contribution in [0, 0.1) is 0 Å². The highest BCUT2D eigenvalue weighted by Crippen LogP contribution is 2.21. The molecule has 0 spiro atoms. The molecule has 2 rings (SSSR count). The maximum absolute atomic E-state index is 5.89. The molecule has 0 aliphatic heterocycles. The Labute approximate surface area is 120 Å². The van der Waals surface area contributed by atoms with Crippen LogP contribution in [-0.2, 0) is 6.42 Å². The van der Waals surface area contributed by atoms with Gasteiger partial charge in [-0.25, -0.2) is 0 Å². The summed E-state index contributed by atoms with van der Waals surface area (Å²) in [6.07, 6.45) is 2.65. The van der Waals surface area contributed by atoms with E-state index in [0.29, 0.717) is 6.54 Å². The van der Waals surface area contributed by atoms with E-state index in [4.69, 9.17) is 17.3 Å². The van der Waals surface area contributed by atoms with Gasteiger partial charge in [-0.15, -0.1) is 0 Å². The number of halogens is 2. The van der Waals surface area contributed by atoms with Crippen molar-refractivity contribution in [2.45, 2.75) is 12.3 Å². The van der Waals surface area contributed by atoms with Gasteiger partial charge in [0.05, 0.1) is 0 Å². The van der Waals surface area contributed by atoms with Gasteiger partial charge in [0.15, 0.2) is 0 Å². The summed E-state index contributed by atoms with van der Waals surface area (Å²) in [6.45, 7) is 0.597. The Morgan fingerprint density at radius 2 is 1.89 bits per heavy atom. The van der Waals surface area contributed by atoms with E-state index in [9.17, 15) is 0 Å². The molecule has 1 atom stereocenters. The largest absolute Gasteiger partial charge is 0.330 e. The molecule has 0 aliphatic rings. The topological polar surface area (TPSA) is 38.9 Å². The summed E-state index contributed by atoms with van der Waals surface area (Å²) in [5.74, 6) is 0.274. The number of nitrogens with two attached hydrogens (primary N) is 1. The van der Waals surface area contributed by atoms with Crippen molar-refractivity contribution in [1.82, 2.24) is 4.98 Å². The summed E-state index contributed by atoms with van der Waals surface area (Å²) in [6, 6.07) is 11.9. The molecule has 1 aromatic heterocycles. The molecule has 0 saturated heterocycles. The van der Waals surface area contributed by atoms with Crippen LogP contribution in [0.1, 0.15) is 17.2 Å². The van der Waals surface area contributed by atoms with Crippen LogP contribution in [0.3, 0.4) is 0 Å². The maximum Gasteiger partial charge on any atom is 0.0413 e. The van der Waals surface area contributed by atoms with Crippen molar-refractivity contribution in [1.29, 1.82) is 0 Å². The van der Waals surface area contributed by atoms with E-state index >= 15 is 0 Å². The van der Waals surface area contributed by atoms with Crippen LogP contribution in [0.5, 0.6) is 0 Å². The van der Waals surface area contributed by atoms with Crippen molar-refractivity contribution in [2.24, 2.45) is 5.73 Å². The molecule has 2 N–H and O–H groups in total. The van der Waals surface area contributed by atoms with Gasteiger partial charge in [0.1, 0.15) is 0 Å². The quantitative estimate of drug-likeness (QED) is 0.929. The first kappa shape index (κ1) is 13.5. The highest BCUT2D eigenvalue weighted by atomic mass is 79.9. The molecule has 0 amide bonds. The van der Waals surface area contributed by atoms with Crippen LogP contribution in [-0.4, -0.2) is 11.5 Å². The summed E-state index contributed by atoms with van der Waals surface area (Å²) < 4.78 is 0.988. The van der Waals surface area contributed by atoms with E-state index in [2.05, 4.69) is 20.9 Å². The molecule has 1 aromatic carbocycles. The molecular weight excluding hydrogens is 312 g/mol. The molecule has 1 heterocycles. The summed E-state index contributed by atoms with van der Waals surface area (Å²) in [5, 5.41) is 0.747. The van der Waals surface area contributed by atoms with Crippen LogP contribution in [0.15, 0.2) is 47.1 Å². The summed E-state index contributed by atoms with van der Waals surface area (Å²) in [7, 11) is 0. The molecule has 94 valence electrons. The van der Waals surface area contributed by atoms with Gasteiger partial charge in [0.25, 0.3) is 0 Å². The Hall–Kier alpha value is -0.900. The number of pyridine rings is 1. The van der Waals surface area contributed by atoms with Crippen molar-refractivity contribution >= 4 is 27.5 Å². The normalized spacial score (nSPS) is 12.4. The fourth-order valence-corrected chi connectivity index (χ4v) is 2.21. The van der Waals surface area contributed by atoms with Crippen molar-refractivity contribution < 1.29 is 0 Å². The van der Waals surface area contributed by atoms with Crippen LogP contribution in [0.2, 0.25) is 5.02 Å². The highest BCUT2D eigenvalue weighted by molar-refractivity contribution is 9.10. The van der Waals surface area contributed by atoms with Gasteiger partial charge < -0.3 is 5.73 Å². The molecule has 1 unspecified atom stereocenters. The van der Waals surface area contributed by atoms with Crippen molar-refractivity contribution in [3.8, 4) is 0 Å². The standard InChI is InChI=1S/C14H14BrClN2/c15-12-3-6-14(18-9-12)7-11(8-17)10-1-4-13(16)5-2-10/h1-6,9,11H,7-8,17H2. The van der Waals surface area contributed by atoms with E-state index in [1.54, 1.807) is 0 Å². The molecule has 0 radical (unpaired) electrons. The predicted molar refractivity (Wildman–Crippen MR) is 78.9 cm³/mol. The number of nitrogens with zero attached hydrogens (tertiary/aromatic N) is 1. The minimum absolute atomic E-state index is 0.274. The number of benzene rings is 1. The molecule has 0 bridgehead atoms. The first-order valence-electron chi connectivity index (χ1n) is 5.75. The molecule has 4 heteroatoms. The van der Waals surface area contributed by atoms with E-state index in [-0.39, 0.29) is 5.92 Å². The Balaban J connectivity index is 2.14. The lowest BCUT2D eigenvalue weighted by Crippen LogP contribution is -2.15. The second-order valence-electron chi connectivity index (χ2n) is 4.16. The Morgan fingerprint density at radius 3 is 2.44 bits per heavy atom. The third kappa shape index (κ3) is 3.55. The summed E-state index contributed by atoms with van der Waals surface area (Å²) >= 11 is 9.27. The van der Waals surface area contributed by atoms with Crippen LogP contribution in [0.4, 0.5) is 0 Å². The molecule has 0 aliphatic carbocycles. The van der Waals surface area contributed by atoms with Gasteiger partial charge in [-0.05, 0) is 58.7 Å². The minimum Gasteiger partial charge on any atom is -0.330 e. The first-order valence-corrected chi connectivity index (χ1v) is 6.92. The Morgan fingerprint density at radius 1 is 1.17 bits per heavy atom. The number of rotatable bonds is 4. The van der Waals surface area contributed by atoms with Crippen molar-refractivity contribution in [3.05, 3.63) is 63.3 Å². The van der Waals surface area contributed by atoms with Crippen molar-refractivity contribution in [2.75, 3.05) is 6.54 Å². The zero-order valence-corrected chi connectivity index (χ0v) is 12.2. The maximum atomic E-state index is 5.89. The molecule has 18 heavy (non-hydrogen) atoms. The van der Waals surface area contributed by atoms with E-state index in [0.717, 1.165) is 21.6 Å².